The molecule has 0 amide bonds. The van der Waals surface area contributed by atoms with Crippen LogP contribution in [-0.2, 0) is 6.42 Å². The van der Waals surface area contributed by atoms with Gasteiger partial charge < -0.3 is 4.74 Å². The molecule has 0 saturated heterocycles. The molecule has 0 unspecified atom stereocenters. The monoisotopic (exact) mass is 233 g/mol. The molecule has 0 aromatic heterocycles. The second kappa shape index (κ2) is 4.79. The summed E-state index contributed by atoms with van der Waals surface area (Å²) in [5.41, 5.74) is 0.668. The third kappa shape index (κ3) is 2.51. The maximum atomic E-state index is 12.3. The van der Waals surface area contributed by atoms with Crippen LogP contribution < -0.4 is 4.74 Å². The van der Waals surface area contributed by atoms with Crippen LogP contribution in [0, 0.1) is 11.3 Å². The van der Waals surface area contributed by atoms with E-state index in [-0.39, 0.29) is 12.2 Å². The van der Waals surface area contributed by atoms with Crippen LogP contribution in [0.4, 0.5) is 8.78 Å². The zero-order valence-electron chi connectivity index (χ0n) is 8.86. The van der Waals surface area contributed by atoms with Gasteiger partial charge in [-0.3, -0.25) is 0 Å². The van der Waals surface area contributed by atoms with Crippen molar-refractivity contribution in [2.24, 2.45) is 0 Å². The summed E-state index contributed by atoms with van der Waals surface area (Å²) < 4.78 is 29.0. The summed E-state index contributed by atoms with van der Waals surface area (Å²) in [6.07, 6.45) is 0.171. The number of rotatable bonds is 3. The number of halogens is 2. The van der Waals surface area contributed by atoms with Gasteiger partial charge in [0.1, 0.15) is 5.75 Å². The van der Waals surface area contributed by atoms with E-state index in [0.29, 0.717) is 10.9 Å². The Bertz CT molecular complexity index is 575. The van der Waals surface area contributed by atoms with Crippen molar-refractivity contribution >= 4 is 10.8 Å². The largest absolute Gasteiger partial charge is 0.434 e. The molecule has 0 heterocycles. The molecule has 2 aromatic rings. The lowest BCUT2D eigenvalue weighted by molar-refractivity contribution is -0.0488. The van der Waals surface area contributed by atoms with Gasteiger partial charge in [0, 0.05) is 5.39 Å². The zero-order valence-corrected chi connectivity index (χ0v) is 8.86. The SMILES string of the molecule is N#CCc1cc(OC(F)F)c2ccccc2c1. The molecule has 0 fully saturated rings. The highest BCUT2D eigenvalue weighted by atomic mass is 19.3. The summed E-state index contributed by atoms with van der Waals surface area (Å²) in [6.45, 7) is -2.87. The Morgan fingerprint density at radius 1 is 1.24 bits per heavy atom. The Labute approximate surface area is 97.0 Å². The van der Waals surface area contributed by atoms with E-state index in [1.165, 1.54) is 6.07 Å². The molecule has 0 spiro atoms. The number of nitrogens with zero attached hydrogens (tertiary/aromatic N) is 1. The highest BCUT2D eigenvalue weighted by Crippen LogP contribution is 2.29. The van der Waals surface area contributed by atoms with E-state index in [1.807, 2.05) is 12.1 Å². The second-order valence-electron chi connectivity index (χ2n) is 3.53. The Hall–Kier alpha value is -2.15. The van der Waals surface area contributed by atoms with Crippen LogP contribution in [0.25, 0.3) is 10.8 Å². The summed E-state index contributed by atoms with van der Waals surface area (Å²) in [7, 11) is 0. The molecule has 0 aliphatic rings. The van der Waals surface area contributed by atoms with Crippen molar-refractivity contribution in [3.8, 4) is 11.8 Å². The molecule has 0 saturated carbocycles. The number of ether oxygens (including phenoxy) is 1. The van der Waals surface area contributed by atoms with Gasteiger partial charge in [-0.25, -0.2) is 0 Å². The predicted molar refractivity (Wildman–Crippen MR) is 59.9 cm³/mol. The van der Waals surface area contributed by atoms with E-state index in [2.05, 4.69) is 4.74 Å². The van der Waals surface area contributed by atoms with Gasteiger partial charge in [-0.15, -0.1) is 0 Å². The fourth-order valence-electron chi connectivity index (χ4n) is 1.72. The molecule has 0 radical (unpaired) electrons. The molecule has 4 heteroatoms. The van der Waals surface area contributed by atoms with E-state index < -0.39 is 6.61 Å². The minimum absolute atomic E-state index is 0.114. The third-order valence-electron chi connectivity index (χ3n) is 2.38. The molecule has 2 nitrogen and oxygen atoms in total. The second-order valence-corrected chi connectivity index (χ2v) is 3.53. The van der Waals surface area contributed by atoms with Gasteiger partial charge in [0.05, 0.1) is 12.5 Å². The summed E-state index contributed by atoms with van der Waals surface area (Å²) in [5, 5.41) is 10.0. The number of fused-ring (bicyclic) bond motifs is 1. The fraction of sp³-hybridized carbons (Fsp3) is 0.154. The Morgan fingerprint density at radius 3 is 2.71 bits per heavy atom. The van der Waals surface area contributed by atoms with Gasteiger partial charge in [-0.05, 0) is 23.1 Å². The van der Waals surface area contributed by atoms with Crippen molar-refractivity contribution in [1.29, 1.82) is 5.26 Å². The fourth-order valence-corrected chi connectivity index (χ4v) is 1.72. The van der Waals surface area contributed by atoms with E-state index in [1.54, 1.807) is 24.3 Å². The van der Waals surface area contributed by atoms with Crippen LogP contribution in [0.5, 0.6) is 5.75 Å². The first-order chi connectivity index (χ1) is 8.20. The van der Waals surface area contributed by atoms with Gasteiger partial charge in [-0.1, -0.05) is 24.3 Å². The van der Waals surface area contributed by atoms with Crippen LogP contribution in [-0.4, -0.2) is 6.61 Å². The van der Waals surface area contributed by atoms with Gasteiger partial charge in [0.25, 0.3) is 0 Å². The Balaban J connectivity index is 2.57. The first-order valence-corrected chi connectivity index (χ1v) is 5.04. The molecule has 0 N–H and O–H groups in total. The molecule has 2 aromatic carbocycles. The maximum absolute atomic E-state index is 12.3. The van der Waals surface area contributed by atoms with Crippen molar-refractivity contribution in [2.45, 2.75) is 13.0 Å². The molecule has 0 atom stereocenters. The average molecular weight is 233 g/mol. The quantitative estimate of drug-likeness (QED) is 0.812. The van der Waals surface area contributed by atoms with E-state index >= 15 is 0 Å². The zero-order chi connectivity index (χ0) is 12.3. The lowest BCUT2D eigenvalue weighted by Gasteiger charge is -2.09. The van der Waals surface area contributed by atoms with Crippen molar-refractivity contribution in [1.82, 2.24) is 0 Å². The lowest BCUT2D eigenvalue weighted by atomic mass is 10.0. The minimum atomic E-state index is -2.87. The maximum Gasteiger partial charge on any atom is 0.387 e. The van der Waals surface area contributed by atoms with Gasteiger partial charge in [-0.2, -0.15) is 14.0 Å². The van der Waals surface area contributed by atoms with Crippen LogP contribution >= 0.6 is 0 Å². The van der Waals surface area contributed by atoms with Crippen molar-refractivity contribution in [2.75, 3.05) is 0 Å². The van der Waals surface area contributed by atoms with Gasteiger partial charge >= 0.3 is 6.61 Å². The summed E-state index contributed by atoms with van der Waals surface area (Å²) in [6, 6.07) is 12.3. The molecule has 0 aliphatic carbocycles. The molecule has 0 aliphatic heterocycles. The summed E-state index contributed by atoms with van der Waals surface area (Å²) in [5.74, 6) is 0.114. The first-order valence-electron chi connectivity index (χ1n) is 5.04. The highest BCUT2D eigenvalue weighted by Gasteiger charge is 2.09. The van der Waals surface area contributed by atoms with E-state index in [4.69, 9.17) is 5.26 Å². The molecule has 2 rings (SSSR count). The Kier molecular flexibility index (Phi) is 3.20. The minimum Gasteiger partial charge on any atom is -0.434 e. The van der Waals surface area contributed by atoms with E-state index in [9.17, 15) is 8.78 Å². The number of alkyl halides is 2. The van der Waals surface area contributed by atoms with Crippen LogP contribution in [0.3, 0.4) is 0 Å². The molecular weight excluding hydrogens is 224 g/mol. The molecule has 86 valence electrons. The highest BCUT2D eigenvalue weighted by molar-refractivity contribution is 5.89. The average Bonchev–Trinajstić information content (AvgIpc) is 2.29. The predicted octanol–water partition coefficient (Wildman–Crippen LogP) is 3.51. The van der Waals surface area contributed by atoms with Gasteiger partial charge in [0.2, 0.25) is 0 Å². The molecular formula is C13H9F2NO. The summed E-state index contributed by atoms with van der Waals surface area (Å²) >= 11 is 0. The normalized spacial score (nSPS) is 10.5. The standard InChI is InChI=1S/C13H9F2NO/c14-13(15)17-12-8-9(5-6-16)7-10-3-1-2-4-11(10)12/h1-4,7-8,13H,5H2. The van der Waals surface area contributed by atoms with Crippen molar-refractivity contribution in [3.05, 3.63) is 42.0 Å². The third-order valence-corrected chi connectivity index (χ3v) is 2.38. The van der Waals surface area contributed by atoms with Crippen molar-refractivity contribution in [3.63, 3.8) is 0 Å². The van der Waals surface area contributed by atoms with Gasteiger partial charge in [0.15, 0.2) is 0 Å². The van der Waals surface area contributed by atoms with Crippen molar-refractivity contribution < 1.29 is 13.5 Å². The summed E-state index contributed by atoms with van der Waals surface area (Å²) in [4.78, 5) is 0. The lowest BCUT2D eigenvalue weighted by Crippen LogP contribution is -2.03. The molecule has 17 heavy (non-hydrogen) atoms. The molecule has 0 bridgehead atoms. The van der Waals surface area contributed by atoms with Crippen LogP contribution in [0.1, 0.15) is 5.56 Å². The number of benzene rings is 2. The number of hydrogen-bond acceptors (Lipinski definition) is 2. The Morgan fingerprint density at radius 2 is 2.00 bits per heavy atom. The first kappa shape index (κ1) is 11.3. The van der Waals surface area contributed by atoms with Crippen LogP contribution in [0.15, 0.2) is 36.4 Å². The smallest absolute Gasteiger partial charge is 0.387 e. The number of nitriles is 1. The number of hydrogen-bond donors (Lipinski definition) is 0. The van der Waals surface area contributed by atoms with Crippen LogP contribution in [0.2, 0.25) is 0 Å². The topological polar surface area (TPSA) is 33.0 Å². The van der Waals surface area contributed by atoms with E-state index in [0.717, 1.165) is 5.39 Å².